The van der Waals surface area contributed by atoms with E-state index in [0.29, 0.717) is 6.54 Å². The largest absolute Gasteiger partial charge is 0.350 e. The van der Waals surface area contributed by atoms with E-state index in [0.717, 1.165) is 22.8 Å². The number of ether oxygens (including phenoxy) is 1. The minimum atomic E-state index is -0.458. The van der Waals surface area contributed by atoms with Crippen molar-refractivity contribution in [2.24, 2.45) is 0 Å². The number of thioether (sulfide) groups is 2. The summed E-state index contributed by atoms with van der Waals surface area (Å²) in [6.07, 6.45) is 2.84. The molecule has 3 heterocycles. The second-order valence-corrected chi connectivity index (χ2v) is 10.0. The third kappa shape index (κ3) is 4.81. The molecule has 1 saturated heterocycles. The third-order valence-corrected chi connectivity index (χ3v) is 7.84. The van der Waals surface area contributed by atoms with E-state index < -0.39 is 17.5 Å². The van der Waals surface area contributed by atoms with Gasteiger partial charge in [-0.2, -0.15) is 23.5 Å². The molecule has 0 unspecified atom stereocenters. The summed E-state index contributed by atoms with van der Waals surface area (Å²) >= 11 is 3.61. The molecule has 0 saturated carbocycles. The van der Waals surface area contributed by atoms with Crippen molar-refractivity contribution < 1.29 is 4.74 Å². The molecule has 164 valence electrons. The lowest BCUT2D eigenvalue weighted by Gasteiger charge is -2.23. The van der Waals surface area contributed by atoms with Crippen molar-refractivity contribution in [1.29, 1.82) is 0 Å². The van der Waals surface area contributed by atoms with Crippen molar-refractivity contribution in [3.63, 3.8) is 0 Å². The Kier molecular flexibility index (Phi) is 6.99. The first-order valence-corrected chi connectivity index (χ1v) is 12.4. The van der Waals surface area contributed by atoms with Gasteiger partial charge >= 0.3 is 5.69 Å². The lowest BCUT2D eigenvalue weighted by atomic mass is 10.2. The Morgan fingerprint density at radius 3 is 2.52 bits per heavy atom. The van der Waals surface area contributed by atoms with Gasteiger partial charge in [0.15, 0.2) is 6.23 Å². The molecule has 0 radical (unpaired) electrons. The number of aromatic amines is 1. The predicted molar refractivity (Wildman–Crippen MR) is 125 cm³/mol. The summed E-state index contributed by atoms with van der Waals surface area (Å²) in [6.45, 7) is 4.76. The molecule has 2 aromatic heterocycles. The summed E-state index contributed by atoms with van der Waals surface area (Å²) in [4.78, 5) is 26.3. The van der Waals surface area contributed by atoms with Gasteiger partial charge in [0.05, 0.1) is 24.1 Å². The molecule has 0 aliphatic carbocycles. The van der Waals surface area contributed by atoms with E-state index in [1.54, 1.807) is 11.8 Å². The summed E-state index contributed by atoms with van der Waals surface area (Å²) in [5.74, 6) is 1.84. The van der Waals surface area contributed by atoms with Crippen molar-refractivity contribution in [2.45, 2.75) is 43.2 Å². The topological polar surface area (TPSA) is 94.8 Å². The number of benzene rings is 1. The number of nitrogens with one attached hydrogen (secondary N) is 1. The van der Waals surface area contributed by atoms with Crippen LogP contribution in [0, 0.1) is 0 Å². The van der Waals surface area contributed by atoms with E-state index in [2.05, 4.69) is 29.1 Å². The quantitative estimate of drug-likeness (QED) is 0.553. The lowest BCUT2D eigenvalue weighted by molar-refractivity contribution is -0.00718. The molecular weight excluding hydrogens is 434 g/mol. The Morgan fingerprint density at radius 2 is 1.81 bits per heavy atom. The van der Waals surface area contributed by atoms with Crippen LogP contribution in [0.15, 0.2) is 58.4 Å². The van der Waals surface area contributed by atoms with Gasteiger partial charge in [-0.3, -0.25) is 14.3 Å². The highest BCUT2D eigenvalue weighted by atomic mass is 32.2. The average molecular weight is 460 g/mol. The van der Waals surface area contributed by atoms with Gasteiger partial charge in [-0.1, -0.05) is 49.4 Å². The Bertz CT molecular complexity index is 1110. The van der Waals surface area contributed by atoms with Crippen molar-refractivity contribution in [2.75, 3.05) is 11.5 Å². The molecule has 10 heteroatoms. The van der Waals surface area contributed by atoms with Crippen LogP contribution in [-0.4, -0.2) is 52.7 Å². The van der Waals surface area contributed by atoms with Crippen LogP contribution < -0.4 is 11.2 Å². The van der Waals surface area contributed by atoms with Crippen LogP contribution in [0.3, 0.4) is 0 Å². The molecule has 4 rings (SSSR count). The van der Waals surface area contributed by atoms with E-state index in [1.165, 1.54) is 16.8 Å². The minimum Gasteiger partial charge on any atom is -0.350 e. The maximum absolute atomic E-state index is 12.5. The van der Waals surface area contributed by atoms with E-state index in [1.807, 2.05) is 53.0 Å². The first-order valence-electron chi connectivity index (χ1n) is 10.3. The summed E-state index contributed by atoms with van der Waals surface area (Å²) in [7, 11) is 0. The summed E-state index contributed by atoms with van der Waals surface area (Å²) in [5.41, 5.74) is 0.960. The fourth-order valence-electron chi connectivity index (χ4n) is 3.78. The van der Waals surface area contributed by atoms with Gasteiger partial charge in [0.2, 0.25) is 0 Å². The van der Waals surface area contributed by atoms with Gasteiger partial charge in [0, 0.05) is 23.1 Å². The minimum absolute atomic E-state index is 0.0701. The summed E-state index contributed by atoms with van der Waals surface area (Å²) in [6, 6.07) is 11.3. The highest BCUT2D eigenvalue weighted by molar-refractivity contribution is 8.03. The summed E-state index contributed by atoms with van der Waals surface area (Å²) in [5, 5.41) is 8.85. The fourth-order valence-corrected chi connectivity index (χ4v) is 6.44. The molecule has 0 amide bonds. The molecule has 8 nitrogen and oxygen atoms in total. The van der Waals surface area contributed by atoms with E-state index in [4.69, 9.17) is 4.74 Å². The zero-order valence-electron chi connectivity index (χ0n) is 17.4. The van der Waals surface area contributed by atoms with Crippen LogP contribution >= 0.6 is 23.5 Å². The SMILES string of the molecule is CCS[C@@H]1[C@H](SCC)[C@@H](Cn2cc(-c3ccccc3)nn2)O[C@H]1n1ccc(=O)[nH]c1=O. The molecule has 1 aromatic carbocycles. The number of H-pyrrole nitrogens is 1. The summed E-state index contributed by atoms with van der Waals surface area (Å²) < 4.78 is 9.73. The van der Waals surface area contributed by atoms with Gasteiger partial charge in [-0.15, -0.1) is 5.10 Å². The first-order chi connectivity index (χ1) is 15.1. The number of rotatable bonds is 8. The zero-order chi connectivity index (χ0) is 21.8. The van der Waals surface area contributed by atoms with Crippen LogP contribution in [0.2, 0.25) is 0 Å². The van der Waals surface area contributed by atoms with Crippen LogP contribution in [0.4, 0.5) is 0 Å². The van der Waals surface area contributed by atoms with Crippen molar-refractivity contribution >= 4 is 23.5 Å². The molecule has 31 heavy (non-hydrogen) atoms. The van der Waals surface area contributed by atoms with Crippen LogP contribution in [0.1, 0.15) is 20.1 Å². The van der Waals surface area contributed by atoms with E-state index in [9.17, 15) is 9.59 Å². The number of nitrogens with zero attached hydrogens (tertiary/aromatic N) is 4. The second-order valence-electron chi connectivity index (χ2n) is 7.11. The normalized spacial score (nSPS) is 23.3. The second kappa shape index (κ2) is 9.88. The lowest BCUT2D eigenvalue weighted by Crippen LogP contribution is -2.35. The molecule has 1 aliphatic rings. The van der Waals surface area contributed by atoms with Gasteiger partial charge in [-0.05, 0) is 11.5 Å². The van der Waals surface area contributed by atoms with Gasteiger partial charge in [0.1, 0.15) is 5.69 Å². The molecule has 3 aromatic rings. The zero-order valence-corrected chi connectivity index (χ0v) is 19.0. The monoisotopic (exact) mass is 459 g/mol. The molecule has 0 bridgehead atoms. The highest BCUT2D eigenvalue weighted by Crippen LogP contribution is 2.43. The van der Waals surface area contributed by atoms with Crippen LogP contribution in [-0.2, 0) is 11.3 Å². The Hall–Kier alpha value is -2.30. The molecule has 0 spiro atoms. The average Bonchev–Trinajstić information content (AvgIpc) is 3.36. The van der Waals surface area contributed by atoms with Gasteiger partial charge < -0.3 is 4.74 Å². The van der Waals surface area contributed by atoms with Gasteiger partial charge in [0.25, 0.3) is 5.56 Å². The van der Waals surface area contributed by atoms with Crippen molar-refractivity contribution in [3.05, 3.63) is 69.6 Å². The van der Waals surface area contributed by atoms with Crippen molar-refractivity contribution in [3.8, 4) is 11.3 Å². The maximum atomic E-state index is 12.5. The molecular formula is C21H25N5O3S2. The predicted octanol–water partition coefficient (Wildman–Crippen LogP) is 2.64. The Balaban J connectivity index is 1.61. The highest BCUT2D eigenvalue weighted by Gasteiger charge is 2.46. The maximum Gasteiger partial charge on any atom is 0.330 e. The van der Waals surface area contributed by atoms with E-state index >= 15 is 0 Å². The van der Waals surface area contributed by atoms with Gasteiger partial charge in [-0.25, -0.2) is 9.48 Å². The smallest absolute Gasteiger partial charge is 0.330 e. The molecule has 1 fully saturated rings. The van der Waals surface area contributed by atoms with Crippen molar-refractivity contribution in [1.82, 2.24) is 24.5 Å². The van der Waals surface area contributed by atoms with E-state index in [-0.39, 0.29) is 16.6 Å². The Morgan fingerprint density at radius 1 is 1.06 bits per heavy atom. The Labute approximate surface area is 188 Å². The first kappa shape index (κ1) is 21.9. The molecule has 1 N–H and O–H groups in total. The number of hydrogen-bond donors (Lipinski definition) is 1. The van der Waals surface area contributed by atoms with Crippen LogP contribution in [0.25, 0.3) is 11.3 Å². The number of aromatic nitrogens is 5. The molecule has 4 atom stereocenters. The molecule has 1 aliphatic heterocycles. The third-order valence-electron chi connectivity index (χ3n) is 5.10. The standard InChI is InChI=1S/C21H25N5O3S2/c1-3-30-18-16(13-25-12-15(23-24-25)14-8-6-5-7-9-14)29-20(19(18)31-4-2)26-11-10-17(27)22-21(26)28/h5-12,16,18-20H,3-4,13H2,1-2H3,(H,22,27,28)/t16-,18-,19-,20-/m1/s1. The fraction of sp³-hybridized carbons (Fsp3) is 0.429. The number of hydrogen-bond acceptors (Lipinski definition) is 7. The van der Waals surface area contributed by atoms with Crippen LogP contribution in [0.5, 0.6) is 0 Å².